The van der Waals surface area contributed by atoms with E-state index in [1.54, 1.807) is 0 Å². The number of rotatable bonds is 5. The van der Waals surface area contributed by atoms with Crippen LogP contribution < -0.4 is 0 Å². The Morgan fingerprint density at radius 3 is 2.38 bits per heavy atom. The molecule has 0 bridgehead atoms. The smallest absolute Gasteiger partial charge is 0.186 e. The van der Waals surface area contributed by atoms with Crippen LogP contribution in [-0.2, 0) is 9.47 Å². The zero-order valence-corrected chi connectivity index (χ0v) is 20.9. The minimum atomic E-state index is -1.50. The molecule has 1 saturated heterocycles. The van der Waals surface area contributed by atoms with Gasteiger partial charge in [-0.05, 0) is 61.2 Å². The van der Waals surface area contributed by atoms with Crippen molar-refractivity contribution < 1.29 is 40.1 Å². The molecule has 2 saturated carbocycles. The second-order valence-corrected chi connectivity index (χ2v) is 12.3. The topological polar surface area (TPSA) is 140 Å². The largest absolute Gasteiger partial charge is 0.394 e. The molecule has 4 aliphatic rings. The molecule has 34 heavy (non-hydrogen) atoms. The molecular weight excluding hydrogens is 440 g/mol. The first kappa shape index (κ1) is 26.5. The van der Waals surface area contributed by atoms with Crippen LogP contribution in [0.2, 0.25) is 0 Å². The first-order valence-electron chi connectivity index (χ1n) is 12.8. The van der Waals surface area contributed by atoms with Gasteiger partial charge < -0.3 is 40.1 Å². The van der Waals surface area contributed by atoms with Gasteiger partial charge in [0, 0.05) is 5.41 Å². The van der Waals surface area contributed by atoms with Crippen molar-refractivity contribution in [2.75, 3.05) is 13.2 Å². The Labute approximate surface area is 202 Å². The zero-order valence-electron chi connectivity index (χ0n) is 20.9. The molecule has 8 nitrogen and oxygen atoms in total. The lowest BCUT2D eigenvalue weighted by atomic mass is 9.45. The predicted octanol–water partition coefficient (Wildman–Crippen LogP) is 1.10. The van der Waals surface area contributed by atoms with Crippen LogP contribution in [0.3, 0.4) is 0 Å². The van der Waals surface area contributed by atoms with Crippen molar-refractivity contribution in [3.63, 3.8) is 0 Å². The van der Waals surface area contributed by atoms with E-state index >= 15 is 0 Å². The summed E-state index contributed by atoms with van der Waals surface area (Å²) in [6, 6.07) is 0. The van der Waals surface area contributed by atoms with Gasteiger partial charge in [-0.25, -0.2) is 0 Å². The summed E-state index contributed by atoms with van der Waals surface area (Å²) in [5.41, 5.74) is 0.947. The van der Waals surface area contributed by atoms with Gasteiger partial charge >= 0.3 is 0 Å². The molecule has 0 amide bonds. The summed E-state index contributed by atoms with van der Waals surface area (Å²) in [5.74, 6) is 0.916. The van der Waals surface area contributed by atoms with E-state index in [-0.39, 0.29) is 23.5 Å². The minimum Gasteiger partial charge on any atom is -0.394 e. The van der Waals surface area contributed by atoms with Crippen LogP contribution in [0.4, 0.5) is 0 Å². The number of fused-ring (bicyclic) bond motifs is 3. The Morgan fingerprint density at radius 2 is 1.71 bits per heavy atom. The summed E-state index contributed by atoms with van der Waals surface area (Å²) in [5, 5.41) is 61.2. The van der Waals surface area contributed by atoms with Crippen LogP contribution in [-0.4, -0.2) is 86.8 Å². The number of hydrogen-bond donors (Lipinski definition) is 6. The van der Waals surface area contributed by atoms with Crippen LogP contribution in [0.15, 0.2) is 11.6 Å². The van der Waals surface area contributed by atoms with E-state index in [9.17, 15) is 30.6 Å². The molecule has 8 heteroatoms. The van der Waals surface area contributed by atoms with Crippen molar-refractivity contribution in [2.24, 2.45) is 28.1 Å². The molecule has 0 aromatic heterocycles. The second kappa shape index (κ2) is 9.38. The lowest BCUT2D eigenvalue weighted by Gasteiger charge is -2.61. The van der Waals surface area contributed by atoms with E-state index in [1.165, 1.54) is 5.57 Å². The molecule has 3 fully saturated rings. The van der Waals surface area contributed by atoms with Gasteiger partial charge in [-0.15, -0.1) is 0 Å². The molecule has 4 rings (SSSR count). The van der Waals surface area contributed by atoms with Gasteiger partial charge in [-0.3, -0.25) is 0 Å². The first-order chi connectivity index (χ1) is 15.8. The zero-order chi connectivity index (χ0) is 25.1. The van der Waals surface area contributed by atoms with Gasteiger partial charge in [-0.1, -0.05) is 39.3 Å². The number of allylic oxidation sites excluding steroid dienone is 1. The van der Waals surface area contributed by atoms with Gasteiger partial charge in [0.05, 0.1) is 25.4 Å². The molecule has 0 unspecified atom stereocenters. The highest BCUT2D eigenvalue weighted by atomic mass is 16.7. The summed E-state index contributed by atoms with van der Waals surface area (Å²) >= 11 is 0. The summed E-state index contributed by atoms with van der Waals surface area (Å²) in [6.45, 7) is 8.22. The monoisotopic (exact) mass is 484 g/mol. The number of ether oxygens (including phenoxy) is 2. The minimum absolute atomic E-state index is 0.0992. The van der Waals surface area contributed by atoms with E-state index in [4.69, 9.17) is 9.47 Å². The van der Waals surface area contributed by atoms with Crippen molar-refractivity contribution in [3.05, 3.63) is 11.6 Å². The van der Waals surface area contributed by atoms with Gasteiger partial charge in [0.15, 0.2) is 6.29 Å². The van der Waals surface area contributed by atoms with Crippen LogP contribution in [0.5, 0.6) is 0 Å². The van der Waals surface area contributed by atoms with Crippen molar-refractivity contribution in [3.8, 4) is 0 Å². The SMILES string of the molecule is CC1(C)[C@H](O)CC[C@@]2(C)[C@@H]3CC[C@](C)([C@@H](O)CO[C@@H]4O[C@H](CO)[C@@H](O)[C@H](O)[C@H]4O)C=C3CC[C@H]12. The Bertz CT molecular complexity index is 768. The molecule has 11 atom stereocenters. The van der Waals surface area contributed by atoms with E-state index in [0.717, 1.165) is 38.5 Å². The molecule has 0 aromatic rings. The van der Waals surface area contributed by atoms with Crippen LogP contribution in [0, 0.1) is 28.1 Å². The quantitative estimate of drug-likeness (QED) is 0.319. The van der Waals surface area contributed by atoms with E-state index in [1.807, 2.05) is 6.92 Å². The predicted molar refractivity (Wildman–Crippen MR) is 124 cm³/mol. The van der Waals surface area contributed by atoms with Gasteiger partial charge in [0.1, 0.15) is 24.4 Å². The standard InChI is InChI=1S/C26H44O8/c1-24(2)17-6-5-14-11-25(3,9-7-15(14)26(17,4)10-8-18(24)28)19(29)13-33-23-22(32)21(31)20(30)16(12-27)34-23/h11,15-23,27-32H,5-10,12-13H2,1-4H3/t15-,16-,17-,18-,19+,20-,21+,22-,23-,25+,26+/m1/s1. The molecule has 1 aliphatic heterocycles. The average molecular weight is 485 g/mol. The third-order valence-corrected chi connectivity index (χ3v) is 9.99. The van der Waals surface area contributed by atoms with Crippen LogP contribution in [0.1, 0.15) is 66.2 Å². The third kappa shape index (κ3) is 4.28. The fourth-order valence-electron chi connectivity index (χ4n) is 7.59. The van der Waals surface area contributed by atoms with Crippen LogP contribution >= 0.6 is 0 Å². The van der Waals surface area contributed by atoms with Gasteiger partial charge in [-0.2, -0.15) is 0 Å². The summed E-state index contributed by atoms with van der Waals surface area (Å²) in [6.07, 6.45) is 0.0490. The lowest BCUT2D eigenvalue weighted by Crippen LogP contribution is -2.59. The fraction of sp³-hybridized carbons (Fsp3) is 0.923. The number of aliphatic hydroxyl groups excluding tert-OH is 6. The molecule has 196 valence electrons. The third-order valence-electron chi connectivity index (χ3n) is 9.99. The maximum atomic E-state index is 11.1. The highest BCUT2D eigenvalue weighted by Crippen LogP contribution is 2.63. The Morgan fingerprint density at radius 1 is 1.00 bits per heavy atom. The molecule has 0 radical (unpaired) electrons. The maximum Gasteiger partial charge on any atom is 0.186 e. The molecule has 1 heterocycles. The van der Waals surface area contributed by atoms with Crippen molar-refractivity contribution >= 4 is 0 Å². The van der Waals surface area contributed by atoms with Gasteiger partial charge in [0.25, 0.3) is 0 Å². The van der Waals surface area contributed by atoms with Crippen molar-refractivity contribution in [2.45, 2.75) is 109 Å². The average Bonchev–Trinajstić information content (AvgIpc) is 2.79. The summed E-state index contributed by atoms with van der Waals surface area (Å²) in [7, 11) is 0. The molecule has 3 aliphatic carbocycles. The van der Waals surface area contributed by atoms with Gasteiger partial charge in [0.2, 0.25) is 0 Å². The van der Waals surface area contributed by atoms with E-state index < -0.39 is 48.8 Å². The Balaban J connectivity index is 1.44. The highest BCUT2D eigenvalue weighted by Gasteiger charge is 2.57. The highest BCUT2D eigenvalue weighted by molar-refractivity contribution is 5.25. The fourth-order valence-corrected chi connectivity index (χ4v) is 7.59. The number of hydrogen-bond acceptors (Lipinski definition) is 8. The Hall–Kier alpha value is -0.580. The molecule has 0 spiro atoms. The molecule has 6 N–H and O–H groups in total. The lowest BCUT2D eigenvalue weighted by molar-refractivity contribution is -0.306. The molecular formula is C26H44O8. The van der Waals surface area contributed by atoms with Crippen molar-refractivity contribution in [1.29, 1.82) is 0 Å². The maximum absolute atomic E-state index is 11.1. The molecule has 0 aromatic carbocycles. The van der Waals surface area contributed by atoms with Crippen molar-refractivity contribution in [1.82, 2.24) is 0 Å². The summed E-state index contributed by atoms with van der Waals surface area (Å²) < 4.78 is 11.1. The Kier molecular flexibility index (Phi) is 7.30. The second-order valence-electron chi connectivity index (χ2n) is 12.3. The normalized spacial score (nSPS) is 49.5. The first-order valence-corrected chi connectivity index (χ1v) is 12.8. The van der Waals surface area contributed by atoms with E-state index in [2.05, 4.69) is 26.8 Å². The number of aliphatic hydroxyl groups is 6. The summed E-state index contributed by atoms with van der Waals surface area (Å²) in [4.78, 5) is 0. The van der Waals surface area contributed by atoms with Crippen LogP contribution in [0.25, 0.3) is 0 Å². The van der Waals surface area contributed by atoms with E-state index in [0.29, 0.717) is 11.8 Å².